The van der Waals surface area contributed by atoms with Crippen LogP contribution in [0.15, 0.2) is 11.8 Å². The monoisotopic (exact) mass is 86.1 g/mol. The zero-order valence-corrected chi connectivity index (χ0v) is 4.23. The largest absolute Gasteiger partial charge is 0.513 e. The zero-order valence-electron chi connectivity index (χ0n) is 4.23. The van der Waals surface area contributed by atoms with E-state index in [1.807, 2.05) is 6.92 Å². The molecule has 0 aliphatic rings. The van der Waals surface area contributed by atoms with Gasteiger partial charge in [0.05, 0.1) is 5.76 Å². The molecule has 1 nitrogen and oxygen atoms in total. The second-order valence-electron chi connectivity index (χ2n) is 1.25. The maximum atomic E-state index is 8.41. The Morgan fingerprint density at radius 1 is 1.83 bits per heavy atom. The molecule has 0 spiro atoms. The van der Waals surface area contributed by atoms with E-state index in [0.717, 1.165) is 6.42 Å². The van der Waals surface area contributed by atoms with Gasteiger partial charge in [-0.05, 0) is 19.4 Å². The molecule has 0 fully saturated rings. The Morgan fingerprint density at radius 2 is 2.33 bits per heavy atom. The van der Waals surface area contributed by atoms with Gasteiger partial charge in [-0.3, -0.25) is 0 Å². The second-order valence-corrected chi connectivity index (χ2v) is 1.25. The van der Waals surface area contributed by atoms with E-state index < -0.39 is 0 Å². The molecule has 0 aromatic rings. The van der Waals surface area contributed by atoms with Crippen molar-refractivity contribution in [2.24, 2.45) is 0 Å². The van der Waals surface area contributed by atoms with Gasteiger partial charge in [-0.15, -0.1) is 0 Å². The van der Waals surface area contributed by atoms with Crippen LogP contribution in [0.1, 0.15) is 20.3 Å². The van der Waals surface area contributed by atoms with Crippen LogP contribution in [0.5, 0.6) is 0 Å². The van der Waals surface area contributed by atoms with Gasteiger partial charge in [-0.1, -0.05) is 6.92 Å². The standard InChI is InChI=1S/C5H10O/c1-3-4-5(2)6/h4,6H,3H2,1-2H3/b5-4-. The minimum Gasteiger partial charge on any atom is -0.513 e. The molecule has 1 heteroatoms. The molecule has 0 radical (unpaired) electrons. The van der Waals surface area contributed by atoms with Crippen molar-refractivity contribution in [3.8, 4) is 0 Å². The number of rotatable bonds is 1. The van der Waals surface area contributed by atoms with Crippen LogP contribution in [-0.2, 0) is 0 Å². The normalized spacial score (nSPS) is 12.0. The molecule has 36 valence electrons. The van der Waals surface area contributed by atoms with Crippen molar-refractivity contribution < 1.29 is 5.11 Å². The molecule has 0 unspecified atom stereocenters. The highest BCUT2D eigenvalue weighted by molar-refractivity contribution is 4.83. The Balaban J connectivity index is 3.14. The topological polar surface area (TPSA) is 20.2 Å². The molecule has 0 aliphatic heterocycles. The number of aliphatic hydroxyl groups excluding tert-OH is 1. The van der Waals surface area contributed by atoms with Gasteiger partial charge in [0.1, 0.15) is 0 Å². The summed E-state index contributed by atoms with van der Waals surface area (Å²) in [5.74, 6) is 0.414. The minimum atomic E-state index is 0.414. The summed E-state index contributed by atoms with van der Waals surface area (Å²) in [5.41, 5.74) is 0. The van der Waals surface area contributed by atoms with Crippen molar-refractivity contribution in [1.29, 1.82) is 0 Å². The first-order chi connectivity index (χ1) is 2.77. The van der Waals surface area contributed by atoms with Crippen molar-refractivity contribution >= 4 is 0 Å². The highest BCUT2D eigenvalue weighted by Gasteiger charge is 1.70. The zero-order chi connectivity index (χ0) is 4.99. The molecule has 0 aromatic carbocycles. The predicted octanol–water partition coefficient (Wildman–Crippen LogP) is 1.86. The maximum Gasteiger partial charge on any atom is 0.0851 e. The van der Waals surface area contributed by atoms with E-state index in [-0.39, 0.29) is 0 Å². The van der Waals surface area contributed by atoms with Crippen molar-refractivity contribution in [3.05, 3.63) is 11.8 Å². The van der Waals surface area contributed by atoms with Crippen LogP contribution in [0.25, 0.3) is 0 Å². The van der Waals surface area contributed by atoms with Crippen LogP contribution in [0.4, 0.5) is 0 Å². The fraction of sp³-hybridized carbons (Fsp3) is 0.600. The number of allylic oxidation sites excluding steroid dienone is 2. The van der Waals surface area contributed by atoms with Crippen LogP contribution in [0.2, 0.25) is 0 Å². The third kappa shape index (κ3) is 3.54. The summed E-state index contributed by atoms with van der Waals surface area (Å²) in [6, 6.07) is 0. The molecule has 0 atom stereocenters. The highest BCUT2D eigenvalue weighted by Crippen LogP contribution is 1.85. The molecule has 0 bridgehead atoms. The third-order valence-corrected chi connectivity index (χ3v) is 0.500. The van der Waals surface area contributed by atoms with Crippen molar-refractivity contribution in [2.75, 3.05) is 0 Å². The molecular weight excluding hydrogens is 76.1 g/mol. The molecule has 0 aliphatic carbocycles. The second kappa shape index (κ2) is 2.76. The minimum absolute atomic E-state index is 0.414. The van der Waals surface area contributed by atoms with Gasteiger partial charge in [0, 0.05) is 0 Å². The van der Waals surface area contributed by atoms with Crippen LogP contribution in [0.3, 0.4) is 0 Å². The molecule has 0 heterocycles. The molecule has 0 saturated heterocycles. The van der Waals surface area contributed by atoms with E-state index in [1.54, 1.807) is 13.0 Å². The van der Waals surface area contributed by atoms with Gasteiger partial charge in [0.15, 0.2) is 0 Å². The van der Waals surface area contributed by atoms with Gasteiger partial charge >= 0.3 is 0 Å². The van der Waals surface area contributed by atoms with Crippen molar-refractivity contribution in [2.45, 2.75) is 20.3 Å². The Hall–Kier alpha value is -0.460. The third-order valence-electron chi connectivity index (χ3n) is 0.500. The molecule has 1 N–H and O–H groups in total. The van der Waals surface area contributed by atoms with Crippen LogP contribution in [0, 0.1) is 0 Å². The molecular formula is C5H10O. The van der Waals surface area contributed by atoms with Crippen LogP contribution in [-0.4, -0.2) is 5.11 Å². The lowest BCUT2D eigenvalue weighted by molar-refractivity contribution is 0.412. The van der Waals surface area contributed by atoms with Crippen molar-refractivity contribution in [3.63, 3.8) is 0 Å². The van der Waals surface area contributed by atoms with E-state index in [1.165, 1.54) is 0 Å². The molecule has 0 saturated carbocycles. The average Bonchev–Trinajstić information content (AvgIpc) is 1.35. The summed E-state index contributed by atoms with van der Waals surface area (Å²) in [4.78, 5) is 0. The number of hydrogen-bond acceptors (Lipinski definition) is 1. The Labute approximate surface area is 38.3 Å². The molecule has 0 amide bonds. The Morgan fingerprint density at radius 3 is 2.33 bits per heavy atom. The van der Waals surface area contributed by atoms with Gasteiger partial charge in [0.25, 0.3) is 0 Å². The van der Waals surface area contributed by atoms with Crippen LogP contribution < -0.4 is 0 Å². The summed E-state index contributed by atoms with van der Waals surface area (Å²) >= 11 is 0. The van der Waals surface area contributed by atoms with E-state index in [9.17, 15) is 0 Å². The quantitative estimate of drug-likeness (QED) is 0.483. The van der Waals surface area contributed by atoms with Gasteiger partial charge < -0.3 is 5.11 Å². The fourth-order valence-electron chi connectivity index (χ4n) is 0.295. The molecule has 0 aromatic heterocycles. The molecule has 6 heavy (non-hydrogen) atoms. The summed E-state index contributed by atoms with van der Waals surface area (Å²) in [7, 11) is 0. The van der Waals surface area contributed by atoms with Gasteiger partial charge in [-0.25, -0.2) is 0 Å². The summed E-state index contributed by atoms with van der Waals surface area (Å²) < 4.78 is 0. The lowest BCUT2D eigenvalue weighted by Gasteiger charge is -1.80. The van der Waals surface area contributed by atoms with E-state index in [2.05, 4.69) is 0 Å². The first-order valence-corrected chi connectivity index (χ1v) is 2.13. The van der Waals surface area contributed by atoms with E-state index in [0.29, 0.717) is 5.76 Å². The van der Waals surface area contributed by atoms with E-state index in [4.69, 9.17) is 5.11 Å². The fourth-order valence-corrected chi connectivity index (χ4v) is 0.295. The smallest absolute Gasteiger partial charge is 0.0851 e. The SMILES string of the molecule is CC/C=C(/C)O. The lowest BCUT2D eigenvalue weighted by atomic mass is 10.4. The number of hydrogen-bond donors (Lipinski definition) is 1. The first kappa shape index (κ1) is 5.54. The van der Waals surface area contributed by atoms with Gasteiger partial charge in [-0.2, -0.15) is 0 Å². The Kier molecular flexibility index (Phi) is 2.55. The average molecular weight is 86.1 g/mol. The molecule has 0 rings (SSSR count). The number of aliphatic hydroxyl groups is 1. The first-order valence-electron chi connectivity index (χ1n) is 2.13. The predicted molar refractivity (Wildman–Crippen MR) is 26.7 cm³/mol. The van der Waals surface area contributed by atoms with Crippen molar-refractivity contribution in [1.82, 2.24) is 0 Å². The van der Waals surface area contributed by atoms with E-state index >= 15 is 0 Å². The lowest BCUT2D eigenvalue weighted by Crippen LogP contribution is -1.64. The van der Waals surface area contributed by atoms with Crippen LogP contribution >= 0.6 is 0 Å². The Bertz CT molecular complexity index is 51.0. The summed E-state index contributed by atoms with van der Waals surface area (Å²) in [5, 5.41) is 8.41. The van der Waals surface area contributed by atoms with Gasteiger partial charge in [0.2, 0.25) is 0 Å². The summed E-state index contributed by atoms with van der Waals surface area (Å²) in [6.07, 6.45) is 2.68. The maximum absolute atomic E-state index is 8.41. The highest BCUT2D eigenvalue weighted by atomic mass is 16.3. The summed E-state index contributed by atoms with van der Waals surface area (Å²) in [6.45, 7) is 3.66.